The predicted octanol–water partition coefficient (Wildman–Crippen LogP) is 5.96. The van der Waals surface area contributed by atoms with Crippen molar-refractivity contribution in [3.63, 3.8) is 0 Å². The minimum absolute atomic E-state index is 0.0729. The Bertz CT molecular complexity index is 1500. The van der Waals surface area contributed by atoms with Gasteiger partial charge in [0.25, 0.3) is 5.91 Å². The van der Waals surface area contributed by atoms with E-state index in [2.05, 4.69) is 0 Å². The second-order valence-corrected chi connectivity index (χ2v) is 8.59. The fourth-order valence-electron chi connectivity index (χ4n) is 4.61. The molecule has 0 saturated carbocycles. The molecular formula is C29H27NO5. The van der Waals surface area contributed by atoms with Gasteiger partial charge in [0, 0.05) is 5.69 Å². The van der Waals surface area contributed by atoms with Crippen molar-refractivity contribution in [2.75, 3.05) is 18.1 Å². The number of nitrogens with zero attached hydrogens (tertiary/aromatic N) is 1. The molecule has 0 N–H and O–H groups in total. The lowest BCUT2D eigenvalue weighted by atomic mass is 9.97. The summed E-state index contributed by atoms with van der Waals surface area (Å²) in [6.45, 7) is 8.79. The normalized spacial score (nSPS) is 14.9. The standard InChI is InChI=1S/C29H27NO5/c1-5-33-23-14-12-19(16-24(23)34-6-2)26-25-27(31)21-9-7-8-10-22(21)35-28(25)29(32)30(26)20-13-11-17(3)18(4)15-20/h7-16,26H,5-6H2,1-4H3. The largest absolute Gasteiger partial charge is 0.490 e. The van der Waals surface area contributed by atoms with Crippen LogP contribution in [0.1, 0.15) is 52.7 Å². The molecule has 1 aliphatic heterocycles. The van der Waals surface area contributed by atoms with E-state index in [1.54, 1.807) is 29.2 Å². The summed E-state index contributed by atoms with van der Waals surface area (Å²) in [5.41, 5.74) is 4.13. The molecule has 1 amide bonds. The molecule has 0 aliphatic carbocycles. The SMILES string of the molecule is CCOc1ccc(C2c3c(oc4ccccc4c3=O)C(=O)N2c2ccc(C)c(C)c2)cc1OCC. The molecule has 1 aromatic heterocycles. The van der Waals surface area contributed by atoms with E-state index in [0.717, 1.165) is 16.7 Å². The van der Waals surface area contributed by atoms with Crippen molar-refractivity contribution in [2.24, 2.45) is 0 Å². The van der Waals surface area contributed by atoms with Crippen LogP contribution in [0.15, 0.2) is 69.9 Å². The van der Waals surface area contributed by atoms with E-state index in [9.17, 15) is 9.59 Å². The number of carbonyl (C=O) groups excluding carboxylic acids is 1. The number of rotatable bonds is 6. The highest BCUT2D eigenvalue weighted by molar-refractivity contribution is 6.10. The fraction of sp³-hybridized carbons (Fsp3) is 0.241. The Hall–Kier alpha value is -4.06. The van der Waals surface area contributed by atoms with E-state index in [1.165, 1.54) is 0 Å². The Morgan fingerprint density at radius 1 is 0.857 bits per heavy atom. The van der Waals surface area contributed by atoms with Crippen molar-refractivity contribution >= 4 is 22.6 Å². The molecule has 3 aromatic carbocycles. The van der Waals surface area contributed by atoms with E-state index in [4.69, 9.17) is 13.9 Å². The summed E-state index contributed by atoms with van der Waals surface area (Å²) in [7, 11) is 0. The monoisotopic (exact) mass is 469 g/mol. The van der Waals surface area contributed by atoms with Crippen molar-refractivity contribution in [1.29, 1.82) is 0 Å². The van der Waals surface area contributed by atoms with Crippen LogP contribution in [0.2, 0.25) is 0 Å². The van der Waals surface area contributed by atoms with E-state index in [1.807, 2.05) is 64.1 Å². The van der Waals surface area contributed by atoms with Crippen LogP contribution in [-0.4, -0.2) is 19.1 Å². The summed E-state index contributed by atoms with van der Waals surface area (Å²) in [5.74, 6) is 0.913. The maximum absolute atomic E-state index is 13.8. The second-order valence-electron chi connectivity index (χ2n) is 8.59. The van der Waals surface area contributed by atoms with E-state index in [-0.39, 0.29) is 17.1 Å². The summed E-state index contributed by atoms with van der Waals surface area (Å²) >= 11 is 0. The van der Waals surface area contributed by atoms with Gasteiger partial charge >= 0.3 is 0 Å². The minimum atomic E-state index is -0.671. The smallest absolute Gasteiger partial charge is 0.295 e. The highest BCUT2D eigenvalue weighted by Gasteiger charge is 2.44. The number of benzene rings is 3. The molecule has 0 bridgehead atoms. The van der Waals surface area contributed by atoms with Gasteiger partial charge in [0.1, 0.15) is 5.58 Å². The Balaban J connectivity index is 1.78. The van der Waals surface area contributed by atoms with Gasteiger partial charge in [-0.2, -0.15) is 0 Å². The van der Waals surface area contributed by atoms with Crippen LogP contribution >= 0.6 is 0 Å². The van der Waals surface area contributed by atoms with Gasteiger partial charge in [0.15, 0.2) is 16.9 Å². The third-order valence-electron chi connectivity index (χ3n) is 6.43. The fourth-order valence-corrected chi connectivity index (χ4v) is 4.61. The predicted molar refractivity (Wildman–Crippen MR) is 136 cm³/mol. The van der Waals surface area contributed by atoms with Gasteiger partial charge in [0.05, 0.1) is 30.2 Å². The Kier molecular flexibility index (Phi) is 5.81. The molecule has 6 nitrogen and oxygen atoms in total. The van der Waals surface area contributed by atoms with Crippen LogP contribution in [0.4, 0.5) is 5.69 Å². The Morgan fingerprint density at radius 2 is 1.60 bits per heavy atom. The molecule has 0 spiro atoms. The number of anilines is 1. The lowest BCUT2D eigenvalue weighted by Crippen LogP contribution is -2.29. The number of ether oxygens (including phenoxy) is 2. The highest BCUT2D eigenvalue weighted by atomic mass is 16.5. The molecule has 1 atom stereocenters. The van der Waals surface area contributed by atoms with Crippen molar-refractivity contribution < 1.29 is 18.7 Å². The molecule has 1 unspecified atom stereocenters. The van der Waals surface area contributed by atoms with Crippen LogP contribution < -0.4 is 19.8 Å². The quantitative estimate of drug-likeness (QED) is 0.349. The summed E-state index contributed by atoms with van der Waals surface area (Å²) < 4.78 is 17.6. The molecule has 4 aromatic rings. The molecule has 6 heteroatoms. The summed E-state index contributed by atoms with van der Waals surface area (Å²) in [4.78, 5) is 29.2. The zero-order chi connectivity index (χ0) is 24.7. The van der Waals surface area contributed by atoms with Gasteiger partial charge in [-0.25, -0.2) is 0 Å². The van der Waals surface area contributed by atoms with Gasteiger partial charge in [0.2, 0.25) is 5.76 Å². The first-order valence-corrected chi connectivity index (χ1v) is 11.8. The number of para-hydroxylation sites is 1. The van der Waals surface area contributed by atoms with Crippen LogP contribution in [-0.2, 0) is 0 Å². The van der Waals surface area contributed by atoms with Crippen LogP contribution in [0.3, 0.4) is 0 Å². The highest BCUT2D eigenvalue weighted by Crippen LogP contribution is 2.43. The van der Waals surface area contributed by atoms with E-state index >= 15 is 0 Å². The van der Waals surface area contributed by atoms with Crippen molar-refractivity contribution in [3.05, 3.63) is 98.9 Å². The minimum Gasteiger partial charge on any atom is -0.490 e. The summed E-state index contributed by atoms with van der Waals surface area (Å²) in [6, 6.07) is 17.8. The number of fused-ring (bicyclic) bond motifs is 2. The van der Waals surface area contributed by atoms with Crippen LogP contribution in [0, 0.1) is 13.8 Å². The lowest BCUT2D eigenvalue weighted by molar-refractivity contribution is 0.0971. The second kappa shape index (κ2) is 8.95. The number of amides is 1. The van der Waals surface area contributed by atoms with Gasteiger partial charge in [-0.15, -0.1) is 0 Å². The molecular weight excluding hydrogens is 442 g/mol. The molecule has 0 fully saturated rings. The third kappa shape index (κ3) is 3.75. The number of aryl methyl sites for hydroxylation is 2. The van der Waals surface area contributed by atoms with Crippen LogP contribution in [0.25, 0.3) is 11.0 Å². The van der Waals surface area contributed by atoms with E-state index < -0.39 is 6.04 Å². The maximum Gasteiger partial charge on any atom is 0.295 e. The lowest BCUT2D eigenvalue weighted by Gasteiger charge is -2.26. The third-order valence-corrected chi connectivity index (χ3v) is 6.43. The van der Waals surface area contributed by atoms with Gasteiger partial charge in [-0.3, -0.25) is 14.5 Å². The first-order chi connectivity index (χ1) is 16.9. The number of hydrogen-bond acceptors (Lipinski definition) is 5. The van der Waals surface area contributed by atoms with Gasteiger partial charge in [-0.05, 0) is 80.8 Å². The Morgan fingerprint density at radius 3 is 2.34 bits per heavy atom. The molecule has 1 aliphatic rings. The number of hydrogen-bond donors (Lipinski definition) is 0. The maximum atomic E-state index is 13.8. The molecule has 0 radical (unpaired) electrons. The topological polar surface area (TPSA) is 69.0 Å². The zero-order valence-corrected chi connectivity index (χ0v) is 20.3. The Labute approximate surface area is 203 Å². The first kappa shape index (κ1) is 22.7. The van der Waals surface area contributed by atoms with Crippen LogP contribution in [0.5, 0.6) is 11.5 Å². The zero-order valence-electron chi connectivity index (χ0n) is 20.3. The molecule has 35 heavy (non-hydrogen) atoms. The molecule has 5 rings (SSSR count). The average molecular weight is 470 g/mol. The van der Waals surface area contributed by atoms with Gasteiger partial charge in [-0.1, -0.05) is 24.3 Å². The van der Waals surface area contributed by atoms with Crippen molar-refractivity contribution in [1.82, 2.24) is 0 Å². The van der Waals surface area contributed by atoms with Gasteiger partial charge < -0.3 is 13.9 Å². The average Bonchev–Trinajstić information content (AvgIpc) is 3.15. The number of carbonyl (C=O) groups is 1. The first-order valence-electron chi connectivity index (χ1n) is 11.8. The molecule has 2 heterocycles. The van der Waals surface area contributed by atoms with Crippen molar-refractivity contribution in [2.45, 2.75) is 33.7 Å². The van der Waals surface area contributed by atoms with E-state index in [0.29, 0.717) is 46.9 Å². The summed E-state index contributed by atoms with van der Waals surface area (Å²) in [5, 5.41) is 0.446. The van der Waals surface area contributed by atoms with Crippen molar-refractivity contribution in [3.8, 4) is 11.5 Å². The molecule has 178 valence electrons. The molecule has 0 saturated heterocycles. The summed E-state index contributed by atoms with van der Waals surface area (Å²) in [6.07, 6.45) is 0.